The fourth-order valence-corrected chi connectivity index (χ4v) is 2.55. The Bertz CT molecular complexity index is 368. The molecule has 1 fully saturated rings. The molecule has 0 saturated heterocycles. The molecule has 0 aromatic heterocycles. The van der Waals surface area contributed by atoms with Gasteiger partial charge in [0.15, 0.2) is 0 Å². The maximum Gasteiger partial charge on any atom is 0.390 e. The highest BCUT2D eigenvalue weighted by Crippen LogP contribution is 2.52. The van der Waals surface area contributed by atoms with Crippen LogP contribution in [0.1, 0.15) is 24.8 Å². The Morgan fingerprint density at radius 1 is 1.24 bits per heavy atom. The molecular weight excluding hydrogens is 227 g/mol. The fourth-order valence-electron chi connectivity index (χ4n) is 2.55. The normalized spacial score (nSPS) is 20.0. The third kappa shape index (κ3) is 2.63. The van der Waals surface area contributed by atoms with E-state index in [1.54, 1.807) is 7.05 Å². The van der Waals surface area contributed by atoms with Crippen molar-refractivity contribution < 1.29 is 13.2 Å². The molecule has 0 heterocycles. The van der Waals surface area contributed by atoms with Gasteiger partial charge >= 0.3 is 6.18 Å². The molecule has 0 radical (unpaired) electrons. The van der Waals surface area contributed by atoms with Gasteiger partial charge in [0.1, 0.15) is 0 Å². The molecule has 0 spiro atoms. The third-order valence-electron chi connectivity index (χ3n) is 3.59. The van der Waals surface area contributed by atoms with E-state index in [1.807, 2.05) is 30.3 Å². The average molecular weight is 243 g/mol. The molecule has 1 unspecified atom stereocenters. The van der Waals surface area contributed by atoms with Crippen LogP contribution in [0.5, 0.6) is 0 Å². The van der Waals surface area contributed by atoms with E-state index in [1.165, 1.54) is 0 Å². The summed E-state index contributed by atoms with van der Waals surface area (Å²) >= 11 is 0. The summed E-state index contributed by atoms with van der Waals surface area (Å²) < 4.78 is 37.6. The SMILES string of the molecule is CNC(CC(F)(F)F)C1(c2ccccc2)CC1. The van der Waals surface area contributed by atoms with Crippen LogP contribution in [0.2, 0.25) is 0 Å². The van der Waals surface area contributed by atoms with Crippen LogP contribution >= 0.6 is 0 Å². The van der Waals surface area contributed by atoms with E-state index in [0.29, 0.717) is 0 Å². The van der Waals surface area contributed by atoms with Gasteiger partial charge in [-0.3, -0.25) is 0 Å². The molecule has 1 atom stereocenters. The Hall–Kier alpha value is -1.03. The summed E-state index contributed by atoms with van der Waals surface area (Å²) in [7, 11) is 1.61. The minimum atomic E-state index is -4.11. The van der Waals surface area contributed by atoms with Gasteiger partial charge in [0, 0.05) is 11.5 Å². The van der Waals surface area contributed by atoms with Crippen LogP contribution in [0.3, 0.4) is 0 Å². The standard InChI is InChI=1S/C13H16F3N/c1-17-11(9-13(14,15)16)12(7-8-12)10-5-3-2-4-6-10/h2-6,11,17H,7-9H2,1H3. The summed E-state index contributed by atoms with van der Waals surface area (Å²) in [6.45, 7) is 0. The van der Waals surface area contributed by atoms with E-state index in [0.717, 1.165) is 18.4 Å². The van der Waals surface area contributed by atoms with Crippen LogP contribution in [-0.4, -0.2) is 19.3 Å². The molecule has 1 saturated carbocycles. The molecule has 4 heteroatoms. The number of hydrogen-bond donors (Lipinski definition) is 1. The summed E-state index contributed by atoms with van der Waals surface area (Å²) in [6.07, 6.45) is -3.21. The predicted molar refractivity (Wildman–Crippen MR) is 60.9 cm³/mol. The van der Waals surface area contributed by atoms with E-state index in [4.69, 9.17) is 0 Å². The lowest BCUT2D eigenvalue weighted by molar-refractivity contribution is -0.141. The average Bonchev–Trinajstić information content (AvgIpc) is 3.07. The fraction of sp³-hybridized carbons (Fsp3) is 0.538. The van der Waals surface area contributed by atoms with Crippen LogP contribution in [0.25, 0.3) is 0 Å². The Kier molecular flexibility index (Phi) is 3.17. The number of rotatable bonds is 4. The summed E-state index contributed by atoms with van der Waals surface area (Å²) in [5, 5.41) is 2.84. The van der Waals surface area contributed by atoms with Crippen molar-refractivity contribution in [3.63, 3.8) is 0 Å². The van der Waals surface area contributed by atoms with Gasteiger partial charge in [-0.15, -0.1) is 0 Å². The molecule has 94 valence electrons. The third-order valence-corrected chi connectivity index (χ3v) is 3.59. The molecule has 1 N–H and O–H groups in total. The summed E-state index contributed by atoms with van der Waals surface area (Å²) in [4.78, 5) is 0. The second-order valence-corrected chi connectivity index (χ2v) is 4.68. The molecule has 1 aromatic rings. The zero-order valence-corrected chi connectivity index (χ0v) is 9.72. The minimum absolute atomic E-state index is 0.314. The first-order valence-corrected chi connectivity index (χ1v) is 5.77. The monoisotopic (exact) mass is 243 g/mol. The molecule has 1 aliphatic carbocycles. The molecule has 0 amide bonds. The van der Waals surface area contributed by atoms with Crippen LogP contribution in [-0.2, 0) is 5.41 Å². The molecule has 0 bridgehead atoms. The summed E-state index contributed by atoms with van der Waals surface area (Å²) in [5.41, 5.74) is 0.703. The van der Waals surface area contributed by atoms with E-state index < -0.39 is 18.6 Å². The predicted octanol–water partition coefficient (Wildman–Crippen LogP) is 3.26. The first-order valence-electron chi connectivity index (χ1n) is 5.77. The van der Waals surface area contributed by atoms with Crippen LogP contribution in [0.15, 0.2) is 30.3 Å². The van der Waals surface area contributed by atoms with Crippen molar-refractivity contribution in [3.8, 4) is 0 Å². The van der Waals surface area contributed by atoms with Gasteiger partial charge in [-0.25, -0.2) is 0 Å². The molecule has 1 aromatic carbocycles. The zero-order valence-electron chi connectivity index (χ0n) is 9.72. The lowest BCUT2D eigenvalue weighted by Crippen LogP contribution is -2.41. The van der Waals surface area contributed by atoms with Crippen molar-refractivity contribution in [2.45, 2.75) is 36.9 Å². The second kappa shape index (κ2) is 4.33. The van der Waals surface area contributed by atoms with Crippen molar-refractivity contribution in [1.29, 1.82) is 0 Å². The van der Waals surface area contributed by atoms with Crippen molar-refractivity contribution in [3.05, 3.63) is 35.9 Å². The summed E-state index contributed by atoms with van der Waals surface area (Å²) in [6, 6.07) is 8.98. The Balaban J connectivity index is 2.20. The molecule has 1 aliphatic rings. The maximum absolute atomic E-state index is 12.5. The first-order chi connectivity index (χ1) is 7.98. The van der Waals surface area contributed by atoms with Crippen LogP contribution < -0.4 is 5.32 Å². The first kappa shape index (κ1) is 12.4. The molecule has 1 nitrogen and oxygen atoms in total. The Labute approximate surface area is 99.0 Å². The number of alkyl halides is 3. The lowest BCUT2D eigenvalue weighted by Gasteiger charge is -2.28. The molecule has 17 heavy (non-hydrogen) atoms. The highest BCUT2D eigenvalue weighted by molar-refractivity contribution is 5.33. The Morgan fingerprint density at radius 3 is 2.24 bits per heavy atom. The van der Waals surface area contributed by atoms with Gasteiger partial charge in [-0.05, 0) is 25.5 Å². The quantitative estimate of drug-likeness (QED) is 0.855. The highest BCUT2D eigenvalue weighted by Gasteiger charge is 2.52. The van der Waals surface area contributed by atoms with Gasteiger partial charge in [-0.1, -0.05) is 30.3 Å². The van der Waals surface area contributed by atoms with E-state index in [2.05, 4.69) is 5.32 Å². The van der Waals surface area contributed by atoms with E-state index >= 15 is 0 Å². The van der Waals surface area contributed by atoms with Gasteiger partial charge in [0.2, 0.25) is 0 Å². The smallest absolute Gasteiger partial charge is 0.316 e. The van der Waals surface area contributed by atoms with Crippen molar-refractivity contribution in [1.82, 2.24) is 5.32 Å². The maximum atomic E-state index is 12.5. The lowest BCUT2D eigenvalue weighted by atomic mass is 9.86. The van der Waals surface area contributed by atoms with Crippen LogP contribution in [0.4, 0.5) is 13.2 Å². The summed E-state index contributed by atoms with van der Waals surface area (Å²) in [5.74, 6) is 0. The van der Waals surface area contributed by atoms with Gasteiger partial charge in [0.05, 0.1) is 6.42 Å². The zero-order chi connectivity index (χ0) is 12.5. The Morgan fingerprint density at radius 2 is 1.82 bits per heavy atom. The minimum Gasteiger partial charge on any atom is -0.316 e. The van der Waals surface area contributed by atoms with E-state index in [9.17, 15) is 13.2 Å². The topological polar surface area (TPSA) is 12.0 Å². The number of hydrogen-bond acceptors (Lipinski definition) is 1. The van der Waals surface area contributed by atoms with Gasteiger partial charge in [0.25, 0.3) is 0 Å². The molecular formula is C13H16F3N. The van der Waals surface area contributed by atoms with Gasteiger partial charge in [-0.2, -0.15) is 13.2 Å². The van der Waals surface area contributed by atoms with E-state index in [-0.39, 0.29) is 5.41 Å². The van der Waals surface area contributed by atoms with Crippen LogP contribution in [0, 0.1) is 0 Å². The molecule has 2 rings (SSSR count). The second-order valence-electron chi connectivity index (χ2n) is 4.68. The number of likely N-dealkylation sites (N-methyl/N-ethyl adjacent to an activating group) is 1. The van der Waals surface area contributed by atoms with Crippen molar-refractivity contribution in [2.24, 2.45) is 0 Å². The number of nitrogens with one attached hydrogen (secondary N) is 1. The highest BCUT2D eigenvalue weighted by atomic mass is 19.4. The number of halogens is 3. The molecule has 0 aliphatic heterocycles. The van der Waals surface area contributed by atoms with Crippen molar-refractivity contribution in [2.75, 3.05) is 7.05 Å². The van der Waals surface area contributed by atoms with Crippen molar-refractivity contribution >= 4 is 0 Å². The largest absolute Gasteiger partial charge is 0.390 e. The number of benzene rings is 1. The van der Waals surface area contributed by atoms with Gasteiger partial charge < -0.3 is 5.32 Å².